The summed E-state index contributed by atoms with van der Waals surface area (Å²) in [6.45, 7) is 1.82. The molecule has 0 saturated heterocycles. The van der Waals surface area contributed by atoms with Crippen LogP contribution in [-0.4, -0.2) is 36.3 Å². The molecule has 0 spiro atoms. The number of thiazole rings is 1. The second-order valence-corrected chi connectivity index (χ2v) is 8.03. The number of hydrogen-bond acceptors (Lipinski definition) is 7. The van der Waals surface area contributed by atoms with E-state index < -0.39 is 5.25 Å². The summed E-state index contributed by atoms with van der Waals surface area (Å²) in [5.41, 5.74) is 2.70. The molecule has 0 aliphatic rings. The normalized spacial score (nSPS) is 11.9. The third-order valence-corrected chi connectivity index (χ3v) is 5.69. The first-order valence-corrected chi connectivity index (χ1v) is 10.3. The number of hydrogen-bond donors (Lipinski definition) is 1. The van der Waals surface area contributed by atoms with Crippen molar-refractivity contribution in [3.63, 3.8) is 0 Å². The van der Waals surface area contributed by atoms with E-state index in [1.54, 1.807) is 4.68 Å². The highest BCUT2D eigenvalue weighted by atomic mass is 32.2. The first-order chi connectivity index (χ1) is 13.7. The molecule has 4 aromatic rings. The summed E-state index contributed by atoms with van der Waals surface area (Å²) >= 11 is 2.69. The molecule has 0 unspecified atom stereocenters. The van der Waals surface area contributed by atoms with Crippen molar-refractivity contribution in [2.45, 2.75) is 17.3 Å². The smallest absolute Gasteiger partial charge is 0.239 e. The summed E-state index contributed by atoms with van der Waals surface area (Å²) < 4.78 is 1.62. The number of rotatable bonds is 6. The van der Waals surface area contributed by atoms with Crippen molar-refractivity contribution in [3.8, 4) is 16.9 Å². The quantitative estimate of drug-likeness (QED) is 0.487. The van der Waals surface area contributed by atoms with Crippen LogP contribution in [0.15, 0.2) is 71.2 Å². The van der Waals surface area contributed by atoms with Crippen molar-refractivity contribution in [2.75, 3.05) is 5.32 Å². The Morgan fingerprint density at radius 2 is 1.82 bits per heavy atom. The molecule has 2 heterocycles. The molecule has 1 N–H and O–H groups in total. The van der Waals surface area contributed by atoms with Crippen LogP contribution in [0, 0.1) is 0 Å². The average Bonchev–Trinajstić information content (AvgIpc) is 3.39. The lowest BCUT2D eigenvalue weighted by atomic mass is 10.2. The number of amides is 1. The van der Waals surface area contributed by atoms with Crippen molar-refractivity contribution in [1.82, 2.24) is 25.2 Å². The van der Waals surface area contributed by atoms with Gasteiger partial charge in [-0.25, -0.2) is 4.98 Å². The molecule has 0 aliphatic heterocycles. The van der Waals surface area contributed by atoms with Crippen molar-refractivity contribution in [1.29, 1.82) is 0 Å². The molecule has 0 saturated carbocycles. The fraction of sp³-hybridized carbons (Fsp3) is 0.105. The number of nitrogens with one attached hydrogen (secondary N) is 1. The Bertz CT molecular complexity index is 1060. The van der Waals surface area contributed by atoms with Crippen LogP contribution in [0.2, 0.25) is 0 Å². The van der Waals surface area contributed by atoms with Crippen LogP contribution >= 0.6 is 23.1 Å². The molecule has 0 radical (unpaired) electrons. The van der Waals surface area contributed by atoms with Gasteiger partial charge in [0, 0.05) is 10.9 Å². The molecule has 7 nitrogen and oxygen atoms in total. The molecule has 4 rings (SSSR count). The molecule has 1 atom stereocenters. The number of nitrogens with zero attached hydrogens (tertiary/aromatic N) is 5. The minimum atomic E-state index is -0.391. The predicted molar refractivity (Wildman–Crippen MR) is 111 cm³/mol. The molecule has 0 aliphatic carbocycles. The Hall–Kier alpha value is -3.04. The van der Waals surface area contributed by atoms with E-state index >= 15 is 0 Å². The fourth-order valence-corrected chi connectivity index (χ4v) is 4.01. The predicted octanol–water partition coefficient (Wildman–Crippen LogP) is 3.91. The number of aromatic nitrogens is 5. The van der Waals surface area contributed by atoms with Crippen molar-refractivity contribution in [2.24, 2.45) is 0 Å². The van der Waals surface area contributed by atoms with Gasteiger partial charge in [0.1, 0.15) is 0 Å². The molecule has 140 valence electrons. The number of para-hydroxylation sites is 1. The lowest BCUT2D eigenvalue weighted by Gasteiger charge is -2.10. The van der Waals surface area contributed by atoms with Crippen LogP contribution in [0.25, 0.3) is 16.9 Å². The number of thioether (sulfide) groups is 1. The molecular weight excluding hydrogens is 392 g/mol. The van der Waals surface area contributed by atoms with E-state index in [1.165, 1.54) is 23.1 Å². The van der Waals surface area contributed by atoms with E-state index in [9.17, 15) is 4.79 Å². The van der Waals surface area contributed by atoms with Crippen molar-refractivity contribution in [3.05, 3.63) is 66.0 Å². The second-order valence-electron chi connectivity index (χ2n) is 5.86. The molecular formula is C19H16N6OS2. The van der Waals surface area contributed by atoms with Gasteiger partial charge in [0.2, 0.25) is 11.1 Å². The minimum absolute atomic E-state index is 0.151. The molecule has 28 heavy (non-hydrogen) atoms. The van der Waals surface area contributed by atoms with Crippen LogP contribution in [0.4, 0.5) is 5.13 Å². The zero-order valence-electron chi connectivity index (χ0n) is 14.9. The van der Waals surface area contributed by atoms with E-state index in [0.29, 0.717) is 10.3 Å². The summed E-state index contributed by atoms with van der Waals surface area (Å²) in [4.78, 5) is 17.1. The summed E-state index contributed by atoms with van der Waals surface area (Å²) in [6.07, 6.45) is 0. The van der Waals surface area contributed by atoms with Gasteiger partial charge in [-0.15, -0.1) is 16.4 Å². The number of anilines is 1. The van der Waals surface area contributed by atoms with Crippen LogP contribution in [0.1, 0.15) is 6.92 Å². The monoisotopic (exact) mass is 408 g/mol. The summed E-state index contributed by atoms with van der Waals surface area (Å²) in [6, 6.07) is 19.4. The highest BCUT2D eigenvalue weighted by molar-refractivity contribution is 8.00. The first-order valence-electron chi connectivity index (χ1n) is 8.53. The van der Waals surface area contributed by atoms with Gasteiger partial charge in [0.05, 0.1) is 16.6 Å². The maximum absolute atomic E-state index is 12.6. The molecule has 2 aromatic carbocycles. The lowest BCUT2D eigenvalue weighted by molar-refractivity contribution is -0.115. The van der Waals surface area contributed by atoms with E-state index in [2.05, 4.69) is 25.8 Å². The zero-order chi connectivity index (χ0) is 19.3. The van der Waals surface area contributed by atoms with E-state index in [-0.39, 0.29) is 5.91 Å². The van der Waals surface area contributed by atoms with Gasteiger partial charge >= 0.3 is 0 Å². The van der Waals surface area contributed by atoms with Crippen LogP contribution in [0.5, 0.6) is 0 Å². The topological polar surface area (TPSA) is 85.6 Å². The van der Waals surface area contributed by atoms with Gasteiger partial charge < -0.3 is 5.32 Å². The maximum atomic E-state index is 12.6. The highest BCUT2D eigenvalue weighted by Crippen LogP contribution is 2.27. The Kier molecular flexibility index (Phi) is 5.45. The van der Waals surface area contributed by atoms with Gasteiger partial charge in [0.15, 0.2) is 5.13 Å². The van der Waals surface area contributed by atoms with Gasteiger partial charge in [-0.1, -0.05) is 60.3 Å². The van der Waals surface area contributed by atoms with Crippen molar-refractivity contribution >= 4 is 34.1 Å². The standard InChI is InChI=1S/C19H16N6OS2/c1-13(28-19-22-23-24-25(19)15-10-6-3-7-11-15)17(26)21-18-20-16(12-27-18)14-8-4-2-5-9-14/h2-13H,1H3,(H,20,21,26)/t13-/m1/s1. The van der Waals surface area contributed by atoms with Gasteiger partial charge in [-0.05, 0) is 29.5 Å². The van der Waals surface area contributed by atoms with E-state index in [4.69, 9.17) is 0 Å². The van der Waals surface area contributed by atoms with Crippen LogP contribution < -0.4 is 5.32 Å². The lowest BCUT2D eigenvalue weighted by Crippen LogP contribution is -2.22. The van der Waals surface area contributed by atoms with E-state index in [0.717, 1.165) is 16.9 Å². The van der Waals surface area contributed by atoms with Crippen LogP contribution in [0.3, 0.4) is 0 Å². The Morgan fingerprint density at radius 3 is 2.57 bits per heavy atom. The van der Waals surface area contributed by atoms with Gasteiger partial charge in [0.25, 0.3) is 0 Å². The van der Waals surface area contributed by atoms with Gasteiger partial charge in [-0.2, -0.15) is 4.68 Å². The SMILES string of the molecule is C[C@@H](Sc1nnnn1-c1ccccc1)C(=O)Nc1nc(-c2ccccc2)cs1. The maximum Gasteiger partial charge on any atom is 0.239 e. The Balaban J connectivity index is 1.43. The summed E-state index contributed by atoms with van der Waals surface area (Å²) in [5.74, 6) is -0.151. The fourth-order valence-electron chi connectivity index (χ4n) is 2.47. The first kappa shape index (κ1) is 18.3. The molecule has 0 bridgehead atoms. The molecule has 2 aromatic heterocycles. The van der Waals surface area contributed by atoms with Crippen molar-refractivity contribution < 1.29 is 4.79 Å². The Labute approximate surface area is 169 Å². The highest BCUT2D eigenvalue weighted by Gasteiger charge is 2.20. The second kappa shape index (κ2) is 8.32. The zero-order valence-corrected chi connectivity index (χ0v) is 16.5. The van der Waals surface area contributed by atoms with Crippen LogP contribution in [-0.2, 0) is 4.79 Å². The third-order valence-electron chi connectivity index (χ3n) is 3.90. The number of tetrazole rings is 1. The largest absolute Gasteiger partial charge is 0.301 e. The summed E-state index contributed by atoms with van der Waals surface area (Å²) in [5, 5.41) is 17.3. The average molecular weight is 409 g/mol. The Morgan fingerprint density at radius 1 is 1.11 bits per heavy atom. The van der Waals surface area contributed by atoms with E-state index in [1.807, 2.05) is 73.0 Å². The number of benzene rings is 2. The molecule has 1 amide bonds. The molecule has 9 heteroatoms. The number of carbonyl (C=O) groups excluding carboxylic acids is 1. The van der Waals surface area contributed by atoms with Gasteiger partial charge in [-0.3, -0.25) is 4.79 Å². The summed E-state index contributed by atoms with van der Waals surface area (Å²) in [7, 11) is 0. The minimum Gasteiger partial charge on any atom is -0.301 e. The number of carbonyl (C=O) groups is 1. The molecule has 0 fully saturated rings. The third kappa shape index (κ3) is 4.10.